The third-order valence-corrected chi connectivity index (χ3v) is 15.9. The molecule has 8 rings (SSSR count). The van der Waals surface area contributed by atoms with Gasteiger partial charge in [-0.05, 0) is 115 Å². The first kappa shape index (κ1) is 79.2. The standard InChI is InChI=1S/C31H39F6N7O5.C16H15F6N5O.C15H26N2O5/c1-16(2)25(39-29(48)49-30(3,4)5)27(47)43-8-6-7-22(43)26(46)38-18(11-17-12-20(33)21(34)14-19(17)32)13-24(45)42-9-10-44-23(15-42)40-41-28(44)31(35,36)37;17-10-6-12(19)11(18)4-8(10)3-9(23)5-14(28)26-1-2-27-13(7-26)24-25-15(27)16(20,21)22;1-9(2)11(16-14(21)22-15(3,4)5)12(18)17-8-6-7-10(17)13(19)20/h12,14,16,18,22,25H,6-11,13,15H2,1-5H3,(H,38,46)(H,39,48);4,6,9H,1-3,5,7,23H2;9-11H,6-8H2,1-5H3,(H,16,21)(H,19,20). The zero-order valence-corrected chi connectivity index (χ0v) is 55.9. The maximum Gasteiger partial charge on any atom is 0.451 e. The van der Waals surface area contributed by atoms with Crippen LogP contribution in [-0.4, -0.2) is 176 Å². The first-order chi connectivity index (χ1) is 45.8. The van der Waals surface area contributed by atoms with Crippen LogP contribution in [0.1, 0.15) is 142 Å². The number of carbonyl (C=O) groups is 8. The molecule has 0 radical (unpaired) electrons. The van der Waals surface area contributed by atoms with E-state index in [1.807, 2.05) is 0 Å². The van der Waals surface area contributed by atoms with Gasteiger partial charge in [-0.1, -0.05) is 27.7 Å². The normalized spacial score (nSPS) is 17.6. The summed E-state index contributed by atoms with van der Waals surface area (Å²) in [6.45, 7) is 16.7. The average molecular weight is 1430 g/mol. The van der Waals surface area contributed by atoms with E-state index in [9.17, 15) is 96.1 Å². The monoisotopic (exact) mass is 1420 g/mol. The predicted octanol–water partition coefficient (Wildman–Crippen LogP) is 7.34. The second-order valence-corrected chi connectivity index (χ2v) is 26.8. The molecule has 6 heterocycles. The van der Waals surface area contributed by atoms with Crippen LogP contribution in [0.3, 0.4) is 0 Å². The molecule has 7 amide bonds. The van der Waals surface area contributed by atoms with Crippen molar-refractivity contribution in [2.75, 3.05) is 26.2 Å². The molecular formula is C62H80F12N14O11. The number of carboxylic acid groups (broad SMARTS) is 1. The van der Waals surface area contributed by atoms with Crippen LogP contribution >= 0.6 is 0 Å². The smallest absolute Gasteiger partial charge is 0.451 e. The quantitative estimate of drug-likeness (QED) is 0.0510. The lowest BCUT2D eigenvalue weighted by Crippen LogP contribution is -2.56. The summed E-state index contributed by atoms with van der Waals surface area (Å²) in [6.07, 6.45) is -10.6. The summed E-state index contributed by atoms with van der Waals surface area (Å²) < 4.78 is 173. The Bertz CT molecular complexity index is 3590. The van der Waals surface area contributed by atoms with Crippen molar-refractivity contribution < 1.29 is 106 Å². The fraction of sp³-hybridized carbons (Fsp3) is 0.613. The number of nitrogens with two attached hydrogens (primary N) is 1. The van der Waals surface area contributed by atoms with Gasteiger partial charge in [0.15, 0.2) is 34.9 Å². The lowest BCUT2D eigenvalue weighted by Gasteiger charge is -2.32. The number of fused-ring (bicyclic) bond motifs is 2. The molecule has 0 spiro atoms. The average Bonchev–Trinajstić information content (AvgIpc) is 1.69. The SMILES string of the molecule is CC(C)C(NC(=O)OC(C)(C)C)C(=O)N1CCCC1C(=O)NC(CC(=O)N1CCn2c(nnc2C(F)(F)F)C1)Cc1cc(F)c(F)cc1F.CC(C)C(NC(=O)OC(C)(C)C)C(=O)N1CCCC1C(=O)O.NC(CC(=O)N1CCn2c(nnc2C(F)(F)F)C1)Cc1cc(F)c(F)cc1F. The summed E-state index contributed by atoms with van der Waals surface area (Å²) in [5.74, 6) is -14.2. The number of carbonyl (C=O) groups excluding carboxylic acids is 7. The van der Waals surface area contributed by atoms with E-state index in [4.69, 9.17) is 15.2 Å². The Morgan fingerprint density at radius 1 is 0.535 bits per heavy atom. The zero-order chi connectivity index (χ0) is 74.1. The molecule has 99 heavy (non-hydrogen) atoms. The Labute approximate surface area is 560 Å². The van der Waals surface area contributed by atoms with Gasteiger partial charge in [0.1, 0.15) is 47.0 Å². The van der Waals surface area contributed by atoms with E-state index in [1.54, 1.807) is 69.2 Å². The third kappa shape index (κ3) is 21.6. The number of likely N-dealkylation sites (tertiary alicyclic amines) is 2. The first-order valence-electron chi connectivity index (χ1n) is 31.5. The maximum atomic E-state index is 14.7. The Kier molecular flexibility index (Phi) is 26.0. The highest BCUT2D eigenvalue weighted by Gasteiger charge is 2.44. The van der Waals surface area contributed by atoms with E-state index in [-0.39, 0.29) is 99.7 Å². The van der Waals surface area contributed by atoms with Crippen LogP contribution in [0.15, 0.2) is 24.3 Å². The number of aromatic nitrogens is 6. The molecule has 6 unspecified atom stereocenters. The maximum absolute atomic E-state index is 14.7. The lowest BCUT2D eigenvalue weighted by atomic mass is 10.00. The van der Waals surface area contributed by atoms with E-state index < -0.39 is 167 Å². The highest BCUT2D eigenvalue weighted by Crippen LogP contribution is 2.32. The largest absolute Gasteiger partial charge is 0.480 e. The second kappa shape index (κ2) is 32.5. The second-order valence-electron chi connectivity index (χ2n) is 26.8. The van der Waals surface area contributed by atoms with E-state index in [0.29, 0.717) is 50.1 Å². The Morgan fingerprint density at radius 2 is 0.919 bits per heavy atom. The van der Waals surface area contributed by atoms with E-state index in [2.05, 4.69) is 36.3 Å². The number of amides is 7. The third-order valence-electron chi connectivity index (χ3n) is 15.9. The number of carboxylic acids is 1. The molecule has 4 aliphatic heterocycles. The van der Waals surface area contributed by atoms with Gasteiger partial charge in [-0.3, -0.25) is 24.0 Å². The number of alkyl carbamates (subject to hydrolysis) is 2. The van der Waals surface area contributed by atoms with Crippen molar-refractivity contribution in [3.63, 3.8) is 0 Å². The molecule has 2 saturated heterocycles. The van der Waals surface area contributed by atoms with Crippen molar-refractivity contribution in [3.05, 3.63) is 93.6 Å². The van der Waals surface area contributed by atoms with Gasteiger partial charge in [-0.15, -0.1) is 20.4 Å². The van der Waals surface area contributed by atoms with Crippen LogP contribution in [-0.2, 0) is 89.6 Å². The zero-order valence-electron chi connectivity index (χ0n) is 55.9. The van der Waals surface area contributed by atoms with Crippen molar-refractivity contribution in [2.24, 2.45) is 17.6 Å². The molecule has 548 valence electrons. The first-order valence-corrected chi connectivity index (χ1v) is 31.5. The Balaban J connectivity index is 0.000000260. The van der Waals surface area contributed by atoms with Crippen molar-refractivity contribution in [1.29, 1.82) is 0 Å². The van der Waals surface area contributed by atoms with Gasteiger partial charge in [0.05, 0.1) is 13.1 Å². The number of halogens is 12. The molecule has 0 bridgehead atoms. The van der Waals surface area contributed by atoms with Gasteiger partial charge >= 0.3 is 30.5 Å². The highest BCUT2D eigenvalue weighted by molar-refractivity contribution is 5.93. The van der Waals surface area contributed by atoms with E-state index >= 15 is 0 Å². The molecule has 6 N–H and O–H groups in total. The minimum Gasteiger partial charge on any atom is -0.480 e. The van der Waals surface area contributed by atoms with Crippen LogP contribution in [0.2, 0.25) is 0 Å². The Hall–Kier alpha value is -8.80. The van der Waals surface area contributed by atoms with Crippen LogP contribution in [0, 0.1) is 46.7 Å². The van der Waals surface area contributed by atoms with Crippen molar-refractivity contribution in [1.82, 2.24) is 65.1 Å². The number of hydrogen-bond acceptors (Lipinski definition) is 15. The number of ether oxygens (including phenoxy) is 2. The summed E-state index contributed by atoms with van der Waals surface area (Å²) in [5.41, 5.74) is 3.81. The molecule has 6 atom stereocenters. The van der Waals surface area contributed by atoms with Crippen LogP contribution in [0.5, 0.6) is 0 Å². The van der Waals surface area contributed by atoms with Gasteiger partial charge in [0.25, 0.3) is 0 Å². The summed E-state index contributed by atoms with van der Waals surface area (Å²) in [6, 6.07) is -3.78. The molecule has 2 fully saturated rings. The molecule has 4 aromatic rings. The summed E-state index contributed by atoms with van der Waals surface area (Å²) in [4.78, 5) is 106. The van der Waals surface area contributed by atoms with Crippen LogP contribution in [0.4, 0.5) is 62.3 Å². The minimum atomic E-state index is -4.75. The van der Waals surface area contributed by atoms with Crippen LogP contribution in [0.25, 0.3) is 0 Å². The van der Waals surface area contributed by atoms with Gasteiger partial charge in [0, 0.05) is 76.3 Å². The van der Waals surface area contributed by atoms with E-state index in [0.717, 1.165) is 9.13 Å². The molecular weight excluding hydrogens is 1340 g/mol. The molecule has 37 heteroatoms. The van der Waals surface area contributed by atoms with Gasteiger partial charge in [-0.2, -0.15) is 26.3 Å². The number of alkyl halides is 6. The van der Waals surface area contributed by atoms with Gasteiger partial charge in [-0.25, -0.2) is 40.7 Å². The number of aliphatic carboxylic acids is 1. The Morgan fingerprint density at radius 3 is 1.31 bits per heavy atom. The van der Waals surface area contributed by atoms with Gasteiger partial charge in [0.2, 0.25) is 41.2 Å². The number of rotatable bonds is 17. The highest BCUT2D eigenvalue weighted by atomic mass is 19.4. The summed E-state index contributed by atoms with van der Waals surface area (Å²) in [7, 11) is 0. The molecule has 2 aromatic carbocycles. The minimum absolute atomic E-state index is 0.000783. The van der Waals surface area contributed by atoms with Gasteiger partial charge < -0.3 is 65.0 Å². The number of nitrogens with zero attached hydrogens (tertiary/aromatic N) is 10. The molecule has 4 aliphatic rings. The molecule has 25 nitrogen and oxygen atoms in total. The van der Waals surface area contributed by atoms with Crippen molar-refractivity contribution in [3.8, 4) is 0 Å². The lowest BCUT2D eigenvalue weighted by molar-refractivity contribution is -0.149. The fourth-order valence-electron chi connectivity index (χ4n) is 11.2. The van der Waals surface area contributed by atoms with E-state index in [1.165, 1.54) is 19.6 Å². The van der Waals surface area contributed by atoms with Crippen molar-refractivity contribution in [2.45, 2.75) is 207 Å². The number of benzene rings is 2. The number of hydrogen-bond donors (Lipinski definition) is 5. The number of nitrogens with one attached hydrogen (secondary N) is 3. The summed E-state index contributed by atoms with van der Waals surface area (Å²) >= 11 is 0. The topological polar surface area (TPSA) is 312 Å². The van der Waals surface area contributed by atoms with Crippen molar-refractivity contribution >= 4 is 47.7 Å². The predicted molar refractivity (Wildman–Crippen MR) is 323 cm³/mol. The summed E-state index contributed by atoms with van der Waals surface area (Å²) in [5, 5.41) is 30.3. The molecule has 2 aromatic heterocycles. The van der Waals surface area contributed by atoms with Crippen LogP contribution < -0.4 is 21.7 Å². The fourth-order valence-corrected chi connectivity index (χ4v) is 11.2. The molecule has 0 saturated carbocycles. The molecule has 0 aliphatic carbocycles.